The van der Waals surface area contributed by atoms with E-state index in [4.69, 9.17) is 22.1 Å². The van der Waals surface area contributed by atoms with Gasteiger partial charge in [0.15, 0.2) is 0 Å². The van der Waals surface area contributed by atoms with Crippen LogP contribution in [0.2, 0.25) is 5.02 Å². The maximum atomic E-state index is 11.5. The van der Waals surface area contributed by atoms with E-state index >= 15 is 0 Å². The van der Waals surface area contributed by atoms with Crippen molar-refractivity contribution in [2.75, 3.05) is 37.4 Å². The quantitative estimate of drug-likeness (QED) is 0.844. The Kier molecular flexibility index (Phi) is 6.36. The number of nitrogen functional groups attached to an aromatic ring is 1. The van der Waals surface area contributed by atoms with Crippen molar-refractivity contribution < 1.29 is 9.53 Å². The molecule has 2 heterocycles. The monoisotopic (exact) mass is 403 g/mol. The summed E-state index contributed by atoms with van der Waals surface area (Å²) in [4.78, 5) is 23.9. The number of aryl methyl sites for hydroxylation is 1. The molecular weight excluding hydrogens is 378 g/mol. The second-order valence-electron chi connectivity index (χ2n) is 7.09. The van der Waals surface area contributed by atoms with Crippen LogP contribution < -0.4 is 10.6 Å². The van der Waals surface area contributed by atoms with Gasteiger partial charge in [0, 0.05) is 50.5 Å². The lowest BCUT2D eigenvalue weighted by Gasteiger charge is -2.31. The molecule has 0 unspecified atom stereocenters. The molecule has 1 aliphatic heterocycles. The van der Waals surface area contributed by atoms with Gasteiger partial charge in [0.05, 0.1) is 12.6 Å². The molecule has 150 valence electrons. The molecule has 0 saturated carbocycles. The summed E-state index contributed by atoms with van der Waals surface area (Å²) in [7, 11) is 1.77. The molecule has 1 atom stereocenters. The normalized spacial score (nSPS) is 17.3. The maximum Gasteiger partial charge on any atom is 0.222 e. The van der Waals surface area contributed by atoms with Crippen molar-refractivity contribution in [2.45, 2.75) is 32.9 Å². The van der Waals surface area contributed by atoms with Crippen molar-refractivity contribution in [1.29, 1.82) is 0 Å². The molecule has 8 heteroatoms. The molecule has 0 bridgehead atoms. The van der Waals surface area contributed by atoms with Crippen LogP contribution in [0.3, 0.4) is 0 Å². The number of amides is 1. The van der Waals surface area contributed by atoms with Gasteiger partial charge in [0.1, 0.15) is 5.82 Å². The Morgan fingerprint density at radius 2 is 2.18 bits per heavy atom. The number of nitrogens with zero attached hydrogens (tertiary/aromatic N) is 4. The molecular formula is C20H26ClN5O2. The number of anilines is 2. The third-order valence-corrected chi connectivity index (χ3v) is 5.20. The number of benzene rings is 1. The van der Waals surface area contributed by atoms with E-state index in [-0.39, 0.29) is 17.9 Å². The summed E-state index contributed by atoms with van der Waals surface area (Å²) in [5.74, 6) is 1.05. The first-order valence-corrected chi connectivity index (χ1v) is 9.68. The summed E-state index contributed by atoms with van der Waals surface area (Å²) in [6.45, 7) is 5.94. The summed E-state index contributed by atoms with van der Waals surface area (Å²) >= 11 is 6.65. The molecule has 28 heavy (non-hydrogen) atoms. The molecule has 7 nitrogen and oxygen atoms in total. The number of ether oxygens (including phenoxy) is 1. The van der Waals surface area contributed by atoms with E-state index < -0.39 is 0 Å². The van der Waals surface area contributed by atoms with Crippen molar-refractivity contribution in [2.24, 2.45) is 0 Å². The molecule has 1 aromatic carbocycles. The van der Waals surface area contributed by atoms with Gasteiger partial charge < -0.3 is 20.3 Å². The van der Waals surface area contributed by atoms with Gasteiger partial charge in [0.25, 0.3) is 0 Å². The third-order valence-electron chi connectivity index (χ3n) is 4.87. The van der Waals surface area contributed by atoms with Gasteiger partial charge >= 0.3 is 0 Å². The van der Waals surface area contributed by atoms with Crippen molar-refractivity contribution in [3.05, 3.63) is 46.1 Å². The first kappa shape index (κ1) is 20.4. The largest absolute Gasteiger partial charge is 0.379 e. The van der Waals surface area contributed by atoms with Crippen LogP contribution in [0.5, 0.6) is 0 Å². The number of hydrogen-bond acceptors (Lipinski definition) is 6. The highest BCUT2D eigenvalue weighted by Gasteiger charge is 2.27. The Labute approximate surface area is 170 Å². The number of aromatic nitrogens is 2. The molecule has 2 N–H and O–H groups in total. The minimum Gasteiger partial charge on any atom is -0.379 e. The Morgan fingerprint density at radius 1 is 1.39 bits per heavy atom. The zero-order chi connectivity index (χ0) is 20.3. The van der Waals surface area contributed by atoms with Gasteiger partial charge in [-0.25, -0.2) is 4.98 Å². The molecule has 1 aromatic heterocycles. The summed E-state index contributed by atoms with van der Waals surface area (Å²) < 4.78 is 5.83. The molecule has 0 aliphatic carbocycles. The lowest BCUT2D eigenvalue weighted by Crippen LogP contribution is -2.32. The van der Waals surface area contributed by atoms with E-state index in [9.17, 15) is 4.79 Å². The van der Waals surface area contributed by atoms with Crippen molar-refractivity contribution in [3.8, 4) is 0 Å². The van der Waals surface area contributed by atoms with E-state index in [2.05, 4.69) is 14.9 Å². The molecule has 3 rings (SSSR count). The van der Waals surface area contributed by atoms with Crippen molar-refractivity contribution in [1.82, 2.24) is 14.9 Å². The van der Waals surface area contributed by atoms with Crippen LogP contribution in [-0.2, 0) is 16.1 Å². The standard InChI is InChI=1S/C20H26ClN5O2/c1-13-9-19(24-20(22)23-13)26-7-4-8-28-12-18(26)16-6-5-15(10-17(16)21)11-25(3)14(2)27/h5-6,9-10,18H,4,7-8,11-12H2,1-3H3,(H2,22,23,24)/t18-/m0/s1. The highest BCUT2D eigenvalue weighted by molar-refractivity contribution is 6.31. The molecule has 0 spiro atoms. The average Bonchev–Trinajstić information content (AvgIpc) is 2.87. The van der Waals surface area contributed by atoms with Crippen molar-refractivity contribution in [3.63, 3.8) is 0 Å². The van der Waals surface area contributed by atoms with E-state index in [1.807, 2.05) is 31.2 Å². The minimum atomic E-state index is -0.0803. The highest BCUT2D eigenvalue weighted by Crippen LogP contribution is 2.33. The molecule has 1 fully saturated rings. The molecule has 1 saturated heterocycles. The first-order valence-electron chi connectivity index (χ1n) is 9.30. The molecule has 1 amide bonds. The van der Waals surface area contributed by atoms with Gasteiger partial charge in [0.2, 0.25) is 11.9 Å². The second kappa shape index (κ2) is 8.75. The van der Waals surface area contributed by atoms with E-state index in [0.29, 0.717) is 24.8 Å². The van der Waals surface area contributed by atoms with Gasteiger partial charge in [-0.15, -0.1) is 0 Å². The molecule has 2 aromatic rings. The van der Waals surface area contributed by atoms with Crippen LogP contribution in [0.25, 0.3) is 0 Å². The highest BCUT2D eigenvalue weighted by atomic mass is 35.5. The van der Waals surface area contributed by atoms with Crippen LogP contribution in [-0.4, -0.2) is 47.6 Å². The zero-order valence-corrected chi connectivity index (χ0v) is 17.2. The Bertz CT molecular complexity index is 840. The summed E-state index contributed by atoms with van der Waals surface area (Å²) in [5.41, 5.74) is 8.64. The smallest absolute Gasteiger partial charge is 0.222 e. The second-order valence-corrected chi connectivity index (χ2v) is 7.50. The zero-order valence-electron chi connectivity index (χ0n) is 16.5. The topological polar surface area (TPSA) is 84.6 Å². The number of hydrogen-bond donors (Lipinski definition) is 1. The Hall–Kier alpha value is -2.38. The summed E-state index contributed by atoms with van der Waals surface area (Å²) in [6, 6.07) is 7.78. The molecule has 1 aliphatic rings. The number of carbonyl (C=O) groups excluding carboxylic acids is 1. The van der Waals surface area contributed by atoms with E-state index in [1.54, 1.807) is 18.9 Å². The average molecular weight is 404 g/mol. The number of halogens is 1. The van der Waals surface area contributed by atoms with Crippen LogP contribution in [0, 0.1) is 6.92 Å². The number of carbonyl (C=O) groups is 1. The summed E-state index contributed by atoms with van der Waals surface area (Å²) in [6.07, 6.45) is 0.887. The third kappa shape index (κ3) is 4.72. The summed E-state index contributed by atoms with van der Waals surface area (Å²) in [5, 5.41) is 0.647. The lowest BCUT2D eigenvalue weighted by molar-refractivity contribution is -0.128. The van der Waals surface area contributed by atoms with Crippen LogP contribution >= 0.6 is 11.6 Å². The van der Waals surface area contributed by atoms with Gasteiger partial charge in [-0.3, -0.25) is 4.79 Å². The maximum absolute atomic E-state index is 11.5. The van der Waals surface area contributed by atoms with Gasteiger partial charge in [-0.1, -0.05) is 23.7 Å². The SMILES string of the molecule is CC(=O)N(C)Cc1ccc([C@@H]2COCCCN2c2cc(C)nc(N)n2)c(Cl)c1. The predicted octanol–water partition coefficient (Wildman–Crippen LogP) is 2.97. The van der Waals surface area contributed by atoms with Crippen LogP contribution in [0.1, 0.15) is 36.2 Å². The van der Waals surface area contributed by atoms with Gasteiger partial charge in [-0.2, -0.15) is 4.98 Å². The van der Waals surface area contributed by atoms with E-state index in [1.165, 1.54) is 0 Å². The van der Waals surface area contributed by atoms with Crippen LogP contribution in [0.15, 0.2) is 24.3 Å². The van der Waals surface area contributed by atoms with E-state index in [0.717, 1.165) is 35.6 Å². The Morgan fingerprint density at radius 3 is 2.86 bits per heavy atom. The minimum absolute atomic E-state index is 0.0141. The van der Waals surface area contributed by atoms with Crippen LogP contribution in [0.4, 0.5) is 11.8 Å². The Balaban J connectivity index is 1.93. The fraction of sp³-hybridized carbons (Fsp3) is 0.450. The predicted molar refractivity (Wildman–Crippen MR) is 110 cm³/mol. The number of nitrogens with two attached hydrogens (primary N) is 1. The number of rotatable bonds is 4. The fourth-order valence-electron chi connectivity index (χ4n) is 3.36. The molecule has 0 radical (unpaired) electrons. The van der Waals surface area contributed by atoms with Gasteiger partial charge in [-0.05, 0) is 30.5 Å². The fourth-order valence-corrected chi connectivity index (χ4v) is 3.68. The van der Waals surface area contributed by atoms with Crippen molar-refractivity contribution >= 4 is 29.3 Å². The first-order chi connectivity index (χ1) is 13.3. The lowest BCUT2D eigenvalue weighted by atomic mass is 10.0.